The molecule has 0 saturated carbocycles. The van der Waals surface area contributed by atoms with Crippen molar-refractivity contribution in [2.45, 2.75) is 24.8 Å². The number of anilines is 1. The third kappa shape index (κ3) is 4.05. The third-order valence-electron chi connectivity index (χ3n) is 2.85. The van der Waals surface area contributed by atoms with Gasteiger partial charge in [0.15, 0.2) is 14.9 Å². The number of hydrogen-bond acceptors (Lipinski definition) is 4. The van der Waals surface area contributed by atoms with Crippen LogP contribution in [0.25, 0.3) is 0 Å². The SMILES string of the molecule is CCc1ccc(NC(=S)N[C@H]2CS(=O)(=O)C[C@@H]2Cl)s1. The Labute approximate surface area is 127 Å². The van der Waals surface area contributed by atoms with E-state index in [0.29, 0.717) is 5.11 Å². The summed E-state index contributed by atoms with van der Waals surface area (Å²) in [6.45, 7) is 2.09. The summed E-state index contributed by atoms with van der Waals surface area (Å²) in [5.74, 6) is 0.0431. The first-order chi connectivity index (χ1) is 8.89. The van der Waals surface area contributed by atoms with E-state index in [0.717, 1.165) is 11.4 Å². The van der Waals surface area contributed by atoms with E-state index in [4.69, 9.17) is 23.8 Å². The minimum atomic E-state index is -3.04. The Bertz CT molecular complexity index is 570. The van der Waals surface area contributed by atoms with E-state index in [9.17, 15) is 8.42 Å². The van der Waals surface area contributed by atoms with Gasteiger partial charge in [-0.1, -0.05) is 6.92 Å². The Morgan fingerprint density at radius 2 is 2.26 bits per heavy atom. The van der Waals surface area contributed by atoms with Gasteiger partial charge in [0.2, 0.25) is 0 Å². The van der Waals surface area contributed by atoms with E-state index >= 15 is 0 Å². The molecule has 0 amide bonds. The third-order valence-corrected chi connectivity index (χ3v) is 6.59. The van der Waals surface area contributed by atoms with Crippen LogP contribution in [0.3, 0.4) is 0 Å². The maximum Gasteiger partial charge on any atom is 0.171 e. The van der Waals surface area contributed by atoms with Crippen molar-refractivity contribution in [3.63, 3.8) is 0 Å². The molecule has 0 aromatic carbocycles. The van der Waals surface area contributed by atoms with Crippen molar-refractivity contribution < 1.29 is 8.42 Å². The highest BCUT2D eigenvalue weighted by Gasteiger charge is 2.36. The fourth-order valence-corrected chi connectivity index (χ4v) is 5.62. The fraction of sp³-hybridized carbons (Fsp3) is 0.545. The number of alkyl halides is 1. The summed E-state index contributed by atoms with van der Waals surface area (Å²) < 4.78 is 22.9. The molecule has 1 aromatic rings. The van der Waals surface area contributed by atoms with Crippen molar-refractivity contribution in [2.24, 2.45) is 0 Å². The number of nitrogens with one attached hydrogen (secondary N) is 2. The first kappa shape index (κ1) is 15.0. The van der Waals surface area contributed by atoms with Gasteiger partial charge in [-0.3, -0.25) is 0 Å². The number of sulfone groups is 1. The topological polar surface area (TPSA) is 58.2 Å². The lowest BCUT2D eigenvalue weighted by molar-refractivity contribution is 0.600. The van der Waals surface area contributed by atoms with Gasteiger partial charge >= 0.3 is 0 Å². The fourth-order valence-electron chi connectivity index (χ4n) is 1.89. The Morgan fingerprint density at radius 1 is 1.53 bits per heavy atom. The van der Waals surface area contributed by atoms with Gasteiger partial charge in [0.1, 0.15) is 0 Å². The number of hydrogen-bond donors (Lipinski definition) is 2. The number of halogens is 1. The Morgan fingerprint density at radius 3 is 2.79 bits per heavy atom. The molecule has 4 nitrogen and oxygen atoms in total. The van der Waals surface area contributed by atoms with Crippen LogP contribution in [0.15, 0.2) is 12.1 Å². The molecule has 1 fully saturated rings. The summed E-state index contributed by atoms with van der Waals surface area (Å²) in [4.78, 5) is 1.27. The van der Waals surface area contributed by atoms with E-state index < -0.39 is 15.2 Å². The van der Waals surface area contributed by atoms with Crippen molar-refractivity contribution >= 4 is 55.1 Å². The second-order valence-electron chi connectivity index (χ2n) is 4.42. The normalized spacial score (nSPS) is 25.2. The van der Waals surface area contributed by atoms with Crippen LogP contribution in [0.4, 0.5) is 5.00 Å². The molecule has 2 atom stereocenters. The number of thiophene rings is 1. The molecular weight excluding hydrogens is 324 g/mol. The first-order valence-electron chi connectivity index (χ1n) is 5.90. The summed E-state index contributed by atoms with van der Waals surface area (Å²) in [5.41, 5.74) is 0. The molecule has 2 rings (SSSR count). The van der Waals surface area contributed by atoms with Gasteiger partial charge in [0.05, 0.1) is 27.9 Å². The average Bonchev–Trinajstić information content (AvgIpc) is 2.83. The van der Waals surface area contributed by atoms with Gasteiger partial charge in [0, 0.05) is 4.88 Å². The van der Waals surface area contributed by atoms with Crippen LogP contribution in [0.1, 0.15) is 11.8 Å². The zero-order valence-electron chi connectivity index (χ0n) is 10.3. The molecule has 106 valence electrons. The summed E-state index contributed by atoms with van der Waals surface area (Å²) >= 11 is 12.8. The van der Waals surface area contributed by atoms with Gasteiger partial charge in [-0.2, -0.15) is 0 Å². The van der Waals surface area contributed by atoms with E-state index in [2.05, 4.69) is 17.6 Å². The maximum absolute atomic E-state index is 11.4. The number of aryl methyl sites for hydroxylation is 1. The molecule has 8 heteroatoms. The number of rotatable bonds is 3. The maximum atomic E-state index is 11.4. The molecule has 2 heterocycles. The minimum Gasteiger partial charge on any atom is -0.357 e. The van der Waals surface area contributed by atoms with Crippen LogP contribution in [0.2, 0.25) is 0 Å². The number of thiocarbonyl (C=S) groups is 1. The van der Waals surface area contributed by atoms with Crippen molar-refractivity contribution in [1.82, 2.24) is 5.32 Å². The summed E-state index contributed by atoms with van der Waals surface area (Å²) in [5, 5.41) is 6.96. The predicted octanol–water partition coefficient (Wildman–Crippen LogP) is 2.00. The molecule has 0 unspecified atom stereocenters. The Balaban J connectivity index is 1.91. The smallest absolute Gasteiger partial charge is 0.171 e. The van der Waals surface area contributed by atoms with Crippen LogP contribution < -0.4 is 10.6 Å². The van der Waals surface area contributed by atoms with Gasteiger partial charge in [-0.15, -0.1) is 22.9 Å². The highest BCUT2D eigenvalue weighted by atomic mass is 35.5. The van der Waals surface area contributed by atoms with Crippen LogP contribution in [-0.4, -0.2) is 36.5 Å². The molecule has 19 heavy (non-hydrogen) atoms. The standard InChI is InChI=1S/C11H15ClN2O2S3/c1-2-7-3-4-10(18-7)14-11(17)13-9-6-19(15,16)5-8(9)12/h3-4,8-9H,2,5-6H2,1H3,(H2,13,14,17)/t8-,9-/m0/s1. The van der Waals surface area contributed by atoms with Gasteiger partial charge in [0.25, 0.3) is 0 Å². The van der Waals surface area contributed by atoms with Gasteiger partial charge in [-0.05, 0) is 30.8 Å². The summed E-state index contributed by atoms with van der Waals surface area (Å²) in [7, 11) is -3.04. The lowest BCUT2D eigenvalue weighted by Crippen LogP contribution is -2.42. The highest BCUT2D eigenvalue weighted by molar-refractivity contribution is 7.91. The highest BCUT2D eigenvalue weighted by Crippen LogP contribution is 2.22. The molecule has 1 aliphatic rings. The molecular formula is C11H15ClN2O2S3. The monoisotopic (exact) mass is 338 g/mol. The van der Waals surface area contributed by atoms with Gasteiger partial charge < -0.3 is 10.6 Å². The molecule has 2 N–H and O–H groups in total. The van der Waals surface area contributed by atoms with Crippen LogP contribution >= 0.6 is 35.2 Å². The molecule has 1 saturated heterocycles. The molecule has 1 aliphatic heterocycles. The first-order valence-corrected chi connectivity index (χ1v) is 9.38. The summed E-state index contributed by atoms with van der Waals surface area (Å²) in [6.07, 6.45) is 0.983. The average molecular weight is 339 g/mol. The molecule has 0 aliphatic carbocycles. The Hall–Kier alpha value is -0.370. The molecule has 1 aromatic heterocycles. The van der Waals surface area contributed by atoms with Crippen LogP contribution in [-0.2, 0) is 16.3 Å². The lowest BCUT2D eigenvalue weighted by Gasteiger charge is -2.16. The van der Waals surface area contributed by atoms with E-state index in [1.807, 2.05) is 12.1 Å². The van der Waals surface area contributed by atoms with Crippen LogP contribution in [0.5, 0.6) is 0 Å². The van der Waals surface area contributed by atoms with Crippen molar-refractivity contribution in [3.8, 4) is 0 Å². The lowest BCUT2D eigenvalue weighted by atomic mass is 10.2. The molecule has 0 bridgehead atoms. The van der Waals surface area contributed by atoms with Crippen LogP contribution in [0, 0.1) is 0 Å². The largest absolute Gasteiger partial charge is 0.357 e. The second-order valence-corrected chi connectivity index (χ2v) is 8.71. The zero-order valence-corrected chi connectivity index (χ0v) is 13.6. The second kappa shape index (κ2) is 5.95. The predicted molar refractivity (Wildman–Crippen MR) is 85.1 cm³/mol. The van der Waals surface area contributed by atoms with Crippen molar-refractivity contribution in [1.29, 1.82) is 0 Å². The summed E-state index contributed by atoms with van der Waals surface area (Å²) in [6, 6.07) is 3.68. The van der Waals surface area contributed by atoms with Gasteiger partial charge in [-0.25, -0.2) is 8.42 Å². The van der Waals surface area contributed by atoms with Crippen molar-refractivity contribution in [3.05, 3.63) is 17.0 Å². The minimum absolute atomic E-state index is 0.00776. The van der Waals surface area contributed by atoms with E-state index in [-0.39, 0.29) is 17.5 Å². The Kier molecular flexibility index (Phi) is 4.70. The molecule has 0 spiro atoms. The zero-order chi connectivity index (χ0) is 14.0. The quantitative estimate of drug-likeness (QED) is 0.652. The van der Waals surface area contributed by atoms with Crippen molar-refractivity contribution in [2.75, 3.05) is 16.8 Å². The molecule has 0 radical (unpaired) electrons. The van der Waals surface area contributed by atoms with E-state index in [1.54, 1.807) is 11.3 Å². The van der Waals surface area contributed by atoms with E-state index in [1.165, 1.54) is 4.88 Å².